The monoisotopic (exact) mass is 476 g/mol. The molecule has 0 aliphatic carbocycles. The molecular weight excluding hydrogens is 459 g/mol. The molecule has 5 nitrogen and oxygen atoms in total. The average Bonchev–Trinajstić information content (AvgIpc) is 2.96. The second-order valence-corrected chi connectivity index (χ2v) is 8.17. The fourth-order valence-corrected chi connectivity index (χ4v) is 4.10. The molecular formula is C21H18BrFN2O3S. The van der Waals surface area contributed by atoms with Crippen LogP contribution in [0.5, 0.6) is 0 Å². The molecule has 1 heterocycles. The molecule has 0 saturated carbocycles. The standard InChI is InChI=1S/C21H18BrFN2O3S/c22-17-4-2-1-3-15(17)7-10-19(26)24-11-12-25-20(27)18(29-21(25)28)13-14-5-8-16(23)9-6-14/h1-6,8-9,13H,7,10-12H2,(H,24,26)/b18-13-. The lowest BCUT2D eigenvalue weighted by Gasteiger charge is -2.13. The van der Waals surface area contributed by atoms with E-state index in [4.69, 9.17) is 0 Å². The zero-order chi connectivity index (χ0) is 20.8. The van der Waals surface area contributed by atoms with E-state index in [1.165, 1.54) is 24.3 Å². The van der Waals surface area contributed by atoms with Gasteiger partial charge in [0.25, 0.3) is 11.1 Å². The summed E-state index contributed by atoms with van der Waals surface area (Å²) in [6.45, 7) is 0.295. The molecule has 1 aliphatic heterocycles. The molecule has 0 atom stereocenters. The van der Waals surface area contributed by atoms with Crippen molar-refractivity contribution in [1.29, 1.82) is 0 Å². The normalized spacial score (nSPS) is 15.2. The van der Waals surface area contributed by atoms with E-state index in [2.05, 4.69) is 21.2 Å². The van der Waals surface area contributed by atoms with Crippen molar-refractivity contribution in [3.8, 4) is 0 Å². The third kappa shape index (κ3) is 5.77. The lowest BCUT2D eigenvalue weighted by molar-refractivity contribution is -0.124. The number of nitrogens with one attached hydrogen (secondary N) is 1. The molecule has 1 aliphatic rings. The van der Waals surface area contributed by atoms with Gasteiger partial charge in [0.2, 0.25) is 5.91 Å². The molecule has 150 valence electrons. The molecule has 1 N–H and O–H groups in total. The van der Waals surface area contributed by atoms with Crippen LogP contribution in [0.3, 0.4) is 0 Å². The van der Waals surface area contributed by atoms with Gasteiger partial charge in [-0.25, -0.2) is 4.39 Å². The Morgan fingerprint density at radius 2 is 1.86 bits per heavy atom. The highest BCUT2D eigenvalue weighted by atomic mass is 79.9. The molecule has 1 saturated heterocycles. The zero-order valence-corrected chi connectivity index (χ0v) is 17.8. The lowest BCUT2D eigenvalue weighted by Crippen LogP contribution is -2.37. The van der Waals surface area contributed by atoms with Crippen LogP contribution in [0.4, 0.5) is 9.18 Å². The minimum absolute atomic E-state index is 0.103. The van der Waals surface area contributed by atoms with E-state index >= 15 is 0 Å². The SMILES string of the molecule is O=C(CCc1ccccc1Br)NCCN1C(=O)S/C(=C\c2ccc(F)cc2)C1=O. The minimum atomic E-state index is -0.410. The number of thioether (sulfide) groups is 1. The summed E-state index contributed by atoms with van der Waals surface area (Å²) >= 11 is 4.29. The number of carbonyl (C=O) groups excluding carboxylic acids is 3. The summed E-state index contributed by atoms with van der Waals surface area (Å²) in [6.07, 6.45) is 2.46. The number of aryl methyl sites for hydroxylation is 1. The van der Waals surface area contributed by atoms with E-state index in [0.717, 1.165) is 26.7 Å². The largest absolute Gasteiger partial charge is 0.354 e. The third-order valence-corrected chi connectivity index (χ3v) is 5.96. The van der Waals surface area contributed by atoms with Crippen molar-refractivity contribution in [2.24, 2.45) is 0 Å². The van der Waals surface area contributed by atoms with Gasteiger partial charge in [0.1, 0.15) is 5.82 Å². The van der Waals surface area contributed by atoms with Crippen LogP contribution in [0.1, 0.15) is 17.5 Å². The molecule has 2 aromatic carbocycles. The van der Waals surface area contributed by atoms with Gasteiger partial charge in [-0.2, -0.15) is 0 Å². The number of halogens is 2. The number of hydrogen-bond acceptors (Lipinski definition) is 4. The predicted octanol–water partition coefficient (Wildman–Crippen LogP) is 4.37. The van der Waals surface area contributed by atoms with Gasteiger partial charge < -0.3 is 5.32 Å². The predicted molar refractivity (Wildman–Crippen MR) is 115 cm³/mol. The van der Waals surface area contributed by atoms with Gasteiger partial charge in [0.15, 0.2) is 0 Å². The number of hydrogen-bond donors (Lipinski definition) is 1. The van der Waals surface area contributed by atoms with Crippen molar-refractivity contribution in [3.05, 3.63) is 74.9 Å². The fourth-order valence-electron chi connectivity index (χ4n) is 2.75. The van der Waals surface area contributed by atoms with E-state index in [-0.39, 0.29) is 35.0 Å². The maximum absolute atomic E-state index is 13.0. The number of rotatable bonds is 7. The van der Waals surface area contributed by atoms with Gasteiger partial charge in [-0.05, 0) is 53.6 Å². The second-order valence-electron chi connectivity index (χ2n) is 6.33. The summed E-state index contributed by atoms with van der Waals surface area (Å²) in [7, 11) is 0. The Balaban J connectivity index is 1.48. The van der Waals surface area contributed by atoms with Gasteiger partial charge in [-0.3, -0.25) is 19.3 Å². The Labute approximate surface area is 180 Å². The molecule has 0 radical (unpaired) electrons. The highest BCUT2D eigenvalue weighted by Crippen LogP contribution is 2.31. The number of benzene rings is 2. The van der Waals surface area contributed by atoms with Crippen LogP contribution in [0, 0.1) is 5.82 Å². The van der Waals surface area contributed by atoms with Crippen LogP contribution in [-0.2, 0) is 16.0 Å². The molecule has 0 aromatic heterocycles. The molecule has 0 spiro atoms. The van der Waals surface area contributed by atoms with Gasteiger partial charge in [0, 0.05) is 24.0 Å². The van der Waals surface area contributed by atoms with Crippen molar-refractivity contribution in [2.45, 2.75) is 12.8 Å². The van der Waals surface area contributed by atoms with E-state index in [1.54, 1.807) is 6.08 Å². The fraction of sp³-hybridized carbons (Fsp3) is 0.190. The molecule has 2 aromatic rings. The van der Waals surface area contributed by atoms with Crippen molar-refractivity contribution >= 4 is 50.8 Å². The summed E-state index contributed by atoms with van der Waals surface area (Å²) in [5, 5.41) is 2.36. The van der Waals surface area contributed by atoms with E-state index < -0.39 is 5.91 Å². The Morgan fingerprint density at radius 1 is 1.14 bits per heavy atom. The molecule has 3 amide bonds. The summed E-state index contributed by atoms with van der Waals surface area (Å²) in [5.41, 5.74) is 1.68. The molecule has 29 heavy (non-hydrogen) atoms. The highest BCUT2D eigenvalue weighted by molar-refractivity contribution is 9.10. The van der Waals surface area contributed by atoms with Crippen LogP contribution in [0.2, 0.25) is 0 Å². The maximum Gasteiger partial charge on any atom is 0.293 e. The first-order chi connectivity index (χ1) is 13.9. The Hall–Kier alpha value is -2.45. The van der Waals surface area contributed by atoms with Crippen molar-refractivity contribution in [1.82, 2.24) is 10.2 Å². The number of carbonyl (C=O) groups is 3. The van der Waals surface area contributed by atoms with Gasteiger partial charge in [-0.1, -0.05) is 46.3 Å². The van der Waals surface area contributed by atoms with Crippen LogP contribution in [0.25, 0.3) is 6.08 Å². The first-order valence-corrected chi connectivity index (χ1v) is 10.6. The highest BCUT2D eigenvalue weighted by Gasteiger charge is 2.34. The second kappa shape index (κ2) is 9.84. The summed E-state index contributed by atoms with van der Waals surface area (Å²) in [4.78, 5) is 38.0. The van der Waals surface area contributed by atoms with E-state index in [9.17, 15) is 18.8 Å². The van der Waals surface area contributed by atoms with E-state index in [0.29, 0.717) is 18.4 Å². The van der Waals surface area contributed by atoms with Crippen molar-refractivity contribution in [2.75, 3.05) is 13.1 Å². The zero-order valence-electron chi connectivity index (χ0n) is 15.4. The first-order valence-electron chi connectivity index (χ1n) is 8.95. The molecule has 0 bridgehead atoms. The quantitative estimate of drug-likeness (QED) is 0.602. The van der Waals surface area contributed by atoms with Crippen LogP contribution in [-0.4, -0.2) is 35.0 Å². The Bertz CT molecular complexity index is 963. The molecule has 0 unspecified atom stereocenters. The summed E-state index contributed by atoms with van der Waals surface area (Å²) < 4.78 is 13.9. The Morgan fingerprint density at radius 3 is 2.59 bits per heavy atom. The number of imide groups is 1. The third-order valence-electron chi connectivity index (χ3n) is 4.28. The maximum atomic E-state index is 13.0. The number of amides is 3. The van der Waals surface area contributed by atoms with Crippen molar-refractivity contribution in [3.63, 3.8) is 0 Å². The van der Waals surface area contributed by atoms with Crippen LogP contribution in [0.15, 0.2) is 57.9 Å². The van der Waals surface area contributed by atoms with E-state index in [1.807, 2.05) is 24.3 Å². The average molecular weight is 477 g/mol. The van der Waals surface area contributed by atoms with Crippen molar-refractivity contribution < 1.29 is 18.8 Å². The number of nitrogens with zero attached hydrogens (tertiary/aromatic N) is 1. The first kappa shape index (κ1) is 21.3. The van der Waals surface area contributed by atoms with Crippen LogP contribution < -0.4 is 5.32 Å². The molecule has 3 rings (SSSR count). The van der Waals surface area contributed by atoms with Gasteiger partial charge >= 0.3 is 0 Å². The van der Waals surface area contributed by atoms with Crippen LogP contribution >= 0.6 is 27.7 Å². The minimum Gasteiger partial charge on any atom is -0.354 e. The Kier molecular flexibility index (Phi) is 7.22. The van der Waals surface area contributed by atoms with Gasteiger partial charge in [0.05, 0.1) is 4.91 Å². The van der Waals surface area contributed by atoms with Gasteiger partial charge in [-0.15, -0.1) is 0 Å². The molecule has 8 heteroatoms. The lowest BCUT2D eigenvalue weighted by atomic mass is 10.1. The summed E-state index contributed by atoms with van der Waals surface area (Å²) in [6, 6.07) is 13.4. The molecule has 1 fully saturated rings. The summed E-state index contributed by atoms with van der Waals surface area (Å²) in [5.74, 6) is -0.924. The smallest absolute Gasteiger partial charge is 0.293 e. The topological polar surface area (TPSA) is 66.5 Å².